The first-order valence-electron chi connectivity index (χ1n) is 9.77. The second-order valence-electron chi connectivity index (χ2n) is 6.27. The quantitative estimate of drug-likeness (QED) is 0.178. The number of benzene rings is 1. The van der Waals surface area contributed by atoms with E-state index in [-0.39, 0.29) is 29.7 Å². The molecule has 9 heteroatoms. The molecule has 0 fully saturated rings. The Hall–Kier alpha value is -2.43. The Labute approximate surface area is 194 Å². The number of hydrogen-bond donors (Lipinski definition) is 3. The number of furan rings is 1. The van der Waals surface area contributed by atoms with Crippen LogP contribution in [-0.2, 0) is 13.0 Å². The Morgan fingerprint density at radius 2 is 1.97 bits per heavy atom. The summed E-state index contributed by atoms with van der Waals surface area (Å²) < 4.78 is 16.3. The van der Waals surface area contributed by atoms with Crippen LogP contribution in [0.25, 0.3) is 0 Å². The van der Waals surface area contributed by atoms with Crippen molar-refractivity contribution in [3.63, 3.8) is 0 Å². The molecule has 0 unspecified atom stereocenters. The monoisotopic (exact) mass is 530 g/mol. The van der Waals surface area contributed by atoms with Crippen molar-refractivity contribution in [3.8, 4) is 11.5 Å². The summed E-state index contributed by atoms with van der Waals surface area (Å²) in [5, 5.41) is 6.49. The van der Waals surface area contributed by atoms with Crippen LogP contribution < -0.4 is 25.8 Å². The summed E-state index contributed by atoms with van der Waals surface area (Å²) in [4.78, 5) is 15.6. The number of guanidine groups is 1. The molecule has 1 amide bonds. The van der Waals surface area contributed by atoms with Crippen molar-refractivity contribution >= 4 is 35.8 Å². The van der Waals surface area contributed by atoms with Crippen LogP contribution >= 0.6 is 24.0 Å². The molecule has 0 spiro atoms. The summed E-state index contributed by atoms with van der Waals surface area (Å²) in [6.07, 6.45) is 1.82. The lowest BCUT2D eigenvalue weighted by molar-refractivity contribution is 0.0972. The van der Waals surface area contributed by atoms with Gasteiger partial charge in [-0.2, -0.15) is 0 Å². The van der Waals surface area contributed by atoms with E-state index in [2.05, 4.69) is 15.6 Å². The minimum Gasteiger partial charge on any atom is -0.493 e. The number of primary amides is 1. The highest BCUT2D eigenvalue weighted by Crippen LogP contribution is 2.28. The van der Waals surface area contributed by atoms with E-state index in [1.54, 1.807) is 19.2 Å². The molecule has 0 radical (unpaired) electrons. The van der Waals surface area contributed by atoms with E-state index in [0.717, 1.165) is 37.4 Å². The maximum atomic E-state index is 11.1. The van der Waals surface area contributed by atoms with E-state index in [9.17, 15) is 4.79 Å². The summed E-state index contributed by atoms with van der Waals surface area (Å²) in [7, 11) is 1.64. The number of amides is 1. The molecule has 1 aromatic carbocycles. The molecule has 0 atom stereocenters. The molecule has 0 aliphatic carbocycles. The molecular formula is C21H31IN4O4. The van der Waals surface area contributed by atoms with Gasteiger partial charge in [0.15, 0.2) is 23.2 Å². The van der Waals surface area contributed by atoms with Gasteiger partial charge in [-0.1, -0.05) is 6.07 Å². The van der Waals surface area contributed by atoms with Crippen LogP contribution in [0.2, 0.25) is 0 Å². The molecule has 0 bridgehead atoms. The van der Waals surface area contributed by atoms with Crippen molar-refractivity contribution in [3.05, 3.63) is 47.4 Å². The SMILES string of the molecule is CCNC(=NCc1ccc(C(N)=O)o1)NCCCc1ccc(OC)c(OCC)c1.I. The van der Waals surface area contributed by atoms with Gasteiger partial charge in [-0.3, -0.25) is 4.79 Å². The van der Waals surface area contributed by atoms with Crippen molar-refractivity contribution in [2.24, 2.45) is 10.7 Å². The van der Waals surface area contributed by atoms with Crippen LogP contribution in [0.4, 0.5) is 0 Å². The van der Waals surface area contributed by atoms with E-state index >= 15 is 0 Å². The van der Waals surface area contributed by atoms with Crippen molar-refractivity contribution in [2.45, 2.75) is 33.2 Å². The number of nitrogens with zero attached hydrogens (tertiary/aromatic N) is 1. The Balaban J connectivity index is 0.00000450. The maximum absolute atomic E-state index is 11.1. The number of methoxy groups -OCH3 is 1. The number of rotatable bonds is 11. The zero-order valence-corrected chi connectivity index (χ0v) is 20.0. The standard InChI is InChI=1S/C21H30N4O4.HI/c1-4-23-21(25-14-16-9-11-18(29-16)20(22)26)24-12-6-7-15-8-10-17(27-3)19(13-15)28-5-2;/h8-11,13H,4-7,12,14H2,1-3H3,(H2,22,26)(H2,23,24,25);1H. The first-order chi connectivity index (χ1) is 14.1. The summed E-state index contributed by atoms with van der Waals surface area (Å²) in [6.45, 7) is 6.37. The van der Waals surface area contributed by atoms with E-state index < -0.39 is 5.91 Å². The third-order valence-corrected chi connectivity index (χ3v) is 4.10. The average Bonchev–Trinajstić information content (AvgIpc) is 3.19. The Morgan fingerprint density at radius 1 is 1.17 bits per heavy atom. The van der Waals surface area contributed by atoms with E-state index in [4.69, 9.17) is 19.6 Å². The highest BCUT2D eigenvalue weighted by molar-refractivity contribution is 14.0. The minimum atomic E-state index is -0.587. The second-order valence-corrected chi connectivity index (χ2v) is 6.27. The van der Waals surface area contributed by atoms with Crippen molar-refractivity contribution in [1.82, 2.24) is 10.6 Å². The maximum Gasteiger partial charge on any atom is 0.284 e. The third-order valence-electron chi connectivity index (χ3n) is 4.10. The fraction of sp³-hybridized carbons (Fsp3) is 0.429. The van der Waals surface area contributed by atoms with Gasteiger partial charge in [-0.05, 0) is 56.5 Å². The van der Waals surface area contributed by atoms with Crippen LogP contribution in [0.5, 0.6) is 11.5 Å². The van der Waals surface area contributed by atoms with Gasteiger partial charge in [0.2, 0.25) is 0 Å². The van der Waals surface area contributed by atoms with Gasteiger partial charge in [0.25, 0.3) is 5.91 Å². The van der Waals surface area contributed by atoms with E-state index in [1.165, 1.54) is 5.56 Å². The molecule has 0 aliphatic heterocycles. The Morgan fingerprint density at radius 3 is 2.60 bits per heavy atom. The molecule has 0 saturated carbocycles. The smallest absolute Gasteiger partial charge is 0.284 e. The summed E-state index contributed by atoms with van der Waals surface area (Å²) in [5.74, 6) is 2.33. The fourth-order valence-electron chi connectivity index (χ4n) is 2.74. The Kier molecular flexibility index (Phi) is 11.7. The van der Waals surface area contributed by atoms with Crippen LogP contribution in [-0.4, -0.2) is 38.7 Å². The minimum absolute atomic E-state index is 0. The summed E-state index contributed by atoms with van der Waals surface area (Å²) in [5.41, 5.74) is 6.38. The number of carbonyl (C=O) groups is 1. The molecular weight excluding hydrogens is 499 g/mol. The van der Waals surface area contributed by atoms with E-state index in [0.29, 0.717) is 24.9 Å². The number of carbonyl (C=O) groups excluding carboxylic acids is 1. The molecule has 8 nitrogen and oxygen atoms in total. The zero-order chi connectivity index (χ0) is 21.1. The number of hydrogen-bond acceptors (Lipinski definition) is 5. The van der Waals surface area contributed by atoms with Gasteiger partial charge >= 0.3 is 0 Å². The van der Waals surface area contributed by atoms with Gasteiger partial charge < -0.3 is 30.3 Å². The number of nitrogens with one attached hydrogen (secondary N) is 2. The predicted molar refractivity (Wildman–Crippen MR) is 128 cm³/mol. The molecule has 1 aromatic heterocycles. The van der Waals surface area contributed by atoms with Gasteiger partial charge in [0.05, 0.1) is 13.7 Å². The number of ether oxygens (including phenoxy) is 2. The molecule has 4 N–H and O–H groups in total. The van der Waals surface area contributed by atoms with Crippen LogP contribution in [0.15, 0.2) is 39.7 Å². The largest absolute Gasteiger partial charge is 0.493 e. The molecule has 0 aliphatic rings. The van der Waals surface area contributed by atoms with Gasteiger partial charge in [-0.15, -0.1) is 24.0 Å². The number of halogens is 1. The van der Waals surface area contributed by atoms with Crippen molar-refractivity contribution in [2.75, 3.05) is 26.8 Å². The van der Waals surface area contributed by atoms with E-state index in [1.807, 2.05) is 32.0 Å². The predicted octanol–water partition coefficient (Wildman–Crippen LogP) is 3.09. The zero-order valence-electron chi connectivity index (χ0n) is 17.7. The first kappa shape index (κ1) is 25.6. The second kappa shape index (κ2) is 13.7. The number of aryl methyl sites for hydroxylation is 1. The summed E-state index contributed by atoms with van der Waals surface area (Å²) in [6, 6.07) is 9.26. The highest BCUT2D eigenvalue weighted by atomic mass is 127. The molecule has 166 valence electrons. The lowest BCUT2D eigenvalue weighted by Crippen LogP contribution is -2.37. The molecule has 30 heavy (non-hydrogen) atoms. The van der Waals surface area contributed by atoms with Crippen molar-refractivity contribution in [1.29, 1.82) is 0 Å². The number of nitrogens with two attached hydrogens (primary N) is 1. The molecule has 2 aromatic rings. The number of aliphatic imine (C=N–C) groups is 1. The molecule has 0 saturated heterocycles. The van der Waals surface area contributed by atoms with Crippen molar-refractivity contribution < 1.29 is 18.7 Å². The van der Waals surface area contributed by atoms with Crippen LogP contribution in [0, 0.1) is 0 Å². The molecule has 1 heterocycles. The van der Waals surface area contributed by atoms with Crippen LogP contribution in [0.3, 0.4) is 0 Å². The van der Waals surface area contributed by atoms with Gasteiger partial charge in [-0.25, -0.2) is 4.99 Å². The lowest BCUT2D eigenvalue weighted by atomic mass is 10.1. The highest BCUT2D eigenvalue weighted by Gasteiger charge is 2.08. The normalized spacial score (nSPS) is 10.8. The Bertz CT molecular complexity index is 823. The van der Waals surface area contributed by atoms with Gasteiger partial charge in [0, 0.05) is 13.1 Å². The summed E-state index contributed by atoms with van der Waals surface area (Å²) >= 11 is 0. The third kappa shape index (κ3) is 8.13. The van der Waals surface area contributed by atoms with Crippen LogP contribution in [0.1, 0.15) is 42.1 Å². The topological polar surface area (TPSA) is 111 Å². The average molecular weight is 530 g/mol. The fourth-order valence-corrected chi connectivity index (χ4v) is 2.74. The molecule has 2 rings (SSSR count). The van der Waals surface area contributed by atoms with Gasteiger partial charge in [0.1, 0.15) is 12.3 Å². The first-order valence-corrected chi connectivity index (χ1v) is 9.77. The lowest BCUT2D eigenvalue weighted by Gasteiger charge is -2.12.